The summed E-state index contributed by atoms with van der Waals surface area (Å²) < 4.78 is 30.2. The van der Waals surface area contributed by atoms with E-state index in [9.17, 15) is 18.4 Å². The molecular formula is C16H15F2N3O3S. The zero-order chi connectivity index (χ0) is 17.8. The van der Waals surface area contributed by atoms with Gasteiger partial charge in [0.15, 0.2) is 0 Å². The van der Waals surface area contributed by atoms with Crippen LogP contribution in [0.1, 0.15) is 20.7 Å². The second-order valence-corrected chi connectivity index (χ2v) is 6.31. The Bertz CT molecular complexity index is 747. The molecule has 1 fully saturated rings. The summed E-state index contributed by atoms with van der Waals surface area (Å²) in [5.74, 6) is -3.16. The lowest BCUT2D eigenvalue weighted by Crippen LogP contribution is -2.50. The number of piperazine rings is 1. The SMILES string of the molecule is O=C(c1ccoc1)N1CCN(C(=O)c2cccnc2SC(F)F)CC1. The van der Waals surface area contributed by atoms with Gasteiger partial charge in [-0.3, -0.25) is 9.59 Å². The summed E-state index contributed by atoms with van der Waals surface area (Å²) in [5.41, 5.74) is 0.616. The van der Waals surface area contributed by atoms with Crippen molar-refractivity contribution >= 4 is 23.6 Å². The zero-order valence-corrected chi connectivity index (χ0v) is 13.9. The lowest BCUT2D eigenvalue weighted by atomic mass is 10.2. The summed E-state index contributed by atoms with van der Waals surface area (Å²) in [7, 11) is 0. The normalized spacial score (nSPS) is 14.8. The summed E-state index contributed by atoms with van der Waals surface area (Å²) in [6.45, 7) is 1.40. The number of amides is 2. The highest BCUT2D eigenvalue weighted by atomic mass is 32.2. The van der Waals surface area contributed by atoms with Crippen molar-refractivity contribution in [2.45, 2.75) is 10.8 Å². The van der Waals surface area contributed by atoms with Crippen LogP contribution in [0.2, 0.25) is 0 Å². The Hall–Kier alpha value is -2.42. The van der Waals surface area contributed by atoms with Gasteiger partial charge in [-0.25, -0.2) is 4.98 Å². The van der Waals surface area contributed by atoms with Crippen LogP contribution >= 0.6 is 11.8 Å². The van der Waals surface area contributed by atoms with Gasteiger partial charge in [0.25, 0.3) is 17.6 Å². The number of alkyl halides is 2. The van der Waals surface area contributed by atoms with Gasteiger partial charge in [-0.15, -0.1) is 0 Å². The van der Waals surface area contributed by atoms with Gasteiger partial charge in [-0.1, -0.05) is 0 Å². The predicted molar refractivity (Wildman–Crippen MR) is 86.6 cm³/mol. The van der Waals surface area contributed by atoms with Gasteiger partial charge in [0.05, 0.1) is 17.4 Å². The molecule has 0 aromatic carbocycles. The van der Waals surface area contributed by atoms with Crippen molar-refractivity contribution in [2.75, 3.05) is 26.2 Å². The number of carbonyl (C=O) groups is 2. The molecule has 1 saturated heterocycles. The molecule has 3 rings (SSSR count). The van der Waals surface area contributed by atoms with E-state index in [1.165, 1.54) is 24.8 Å². The topological polar surface area (TPSA) is 66.7 Å². The predicted octanol–water partition coefficient (Wildman–Crippen LogP) is 2.59. The van der Waals surface area contributed by atoms with Crippen molar-refractivity contribution < 1.29 is 22.8 Å². The molecule has 2 aromatic heterocycles. The van der Waals surface area contributed by atoms with E-state index in [1.807, 2.05) is 0 Å². The fraction of sp³-hybridized carbons (Fsp3) is 0.312. The zero-order valence-electron chi connectivity index (χ0n) is 13.1. The maximum atomic E-state index is 12.6. The Morgan fingerprint density at radius 3 is 2.40 bits per heavy atom. The minimum atomic E-state index is -2.65. The summed E-state index contributed by atoms with van der Waals surface area (Å²) in [6, 6.07) is 4.62. The van der Waals surface area contributed by atoms with Crippen molar-refractivity contribution in [3.8, 4) is 0 Å². The third kappa shape index (κ3) is 3.98. The van der Waals surface area contributed by atoms with Gasteiger partial charge >= 0.3 is 0 Å². The number of carbonyl (C=O) groups excluding carboxylic acids is 2. The van der Waals surface area contributed by atoms with Crippen molar-refractivity contribution in [3.63, 3.8) is 0 Å². The Balaban J connectivity index is 1.65. The Morgan fingerprint density at radius 1 is 1.12 bits per heavy atom. The van der Waals surface area contributed by atoms with Gasteiger partial charge in [0.2, 0.25) is 0 Å². The summed E-state index contributed by atoms with van der Waals surface area (Å²) in [5, 5.41) is 0.0133. The van der Waals surface area contributed by atoms with E-state index in [-0.39, 0.29) is 34.2 Å². The van der Waals surface area contributed by atoms with E-state index in [1.54, 1.807) is 21.9 Å². The first-order chi connectivity index (χ1) is 12.1. The summed E-state index contributed by atoms with van der Waals surface area (Å²) >= 11 is 0.254. The lowest BCUT2D eigenvalue weighted by Gasteiger charge is -2.34. The molecule has 1 aliphatic heterocycles. The van der Waals surface area contributed by atoms with Crippen LogP contribution in [0.15, 0.2) is 46.4 Å². The molecule has 0 radical (unpaired) electrons. The van der Waals surface area contributed by atoms with Crippen LogP contribution in [0.3, 0.4) is 0 Å². The fourth-order valence-corrected chi connectivity index (χ4v) is 3.16. The van der Waals surface area contributed by atoms with Crippen LogP contribution in [0.4, 0.5) is 8.78 Å². The number of aromatic nitrogens is 1. The highest BCUT2D eigenvalue weighted by Gasteiger charge is 2.27. The molecule has 2 aromatic rings. The van der Waals surface area contributed by atoms with Gasteiger partial charge in [0.1, 0.15) is 11.3 Å². The average molecular weight is 367 g/mol. The van der Waals surface area contributed by atoms with E-state index >= 15 is 0 Å². The van der Waals surface area contributed by atoms with Gasteiger partial charge in [-0.2, -0.15) is 8.78 Å². The highest BCUT2D eigenvalue weighted by molar-refractivity contribution is 7.99. The summed E-state index contributed by atoms with van der Waals surface area (Å²) in [4.78, 5) is 31.9. The van der Waals surface area contributed by atoms with Crippen molar-refractivity contribution in [3.05, 3.63) is 48.0 Å². The van der Waals surface area contributed by atoms with E-state index in [4.69, 9.17) is 4.42 Å². The Morgan fingerprint density at radius 2 is 1.80 bits per heavy atom. The molecule has 2 amide bonds. The molecule has 0 aliphatic carbocycles. The third-order valence-electron chi connectivity index (χ3n) is 3.82. The summed E-state index contributed by atoms with van der Waals surface area (Å²) in [6.07, 6.45) is 4.18. The number of pyridine rings is 1. The fourth-order valence-electron chi connectivity index (χ4n) is 2.58. The van der Waals surface area contributed by atoms with E-state index in [2.05, 4.69) is 4.98 Å². The van der Waals surface area contributed by atoms with Crippen LogP contribution < -0.4 is 0 Å². The molecule has 0 bridgehead atoms. The number of halogens is 2. The van der Waals surface area contributed by atoms with Gasteiger partial charge in [-0.05, 0) is 30.0 Å². The van der Waals surface area contributed by atoms with Gasteiger partial charge in [0, 0.05) is 32.4 Å². The first-order valence-corrected chi connectivity index (χ1v) is 8.45. The second kappa shape index (κ2) is 7.64. The Labute approximate surface area is 146 Å². The molecule has 0 N–H and O–H groups in total. The van der Waals surface area contributed by atoms with Crippen LogP contribution in [0.5, 0.6) is 0 Å². The van der Waals surface area contributed by atoms with E-state index in [0.717, 1.165) is 0 Å². The number of hydrogen-bond donors (Lipinski definition) is 0. The molecule has 132 valence electrons. The van der Waals surface area contributed by atoms with Crippen molar-refractivity contribution in [1.82, 2.24) is 14.8 Å². The van der Waals surface area contributed by atoms with Gasteiger partial charge < -0.3 is 14.2 Å². The number of hydrogen-bond acceptors (Lipinski definition) is 5. The molecule has 3 heterocycles. The molecule has 0 spiro atoms. The monoisotopic (exact) mass is 367 g/mol. The molecule has 6 nitrogen and oxygen atoms in total. The number of thioether (sulfide) groups is 1. The standard InChI is InChI=1S/C16H15F2N3O3S/c17-16(18)25-13-12(2-1-4-19-13)15(23)21-7-5-20(6-8-21)14(22)11-3-9-24-10-11/h1-4,9-10,16H,5-8H2. The molecule has 0 atom stereocenters. The highest BCUT2D eigenvalue weighted by Crippen LogP contribution is 2.27. The maximum absolute atomic E-state index is 12.6. The molecule has 0 saturated carbocycles. The second-order valence-electron chi connectivity index (χ2n) is 5.33. The number of furan rings is 1. The lowest BCUT2D eigenvalue weighted by molar-refractivity contribution is 0.0532. The van der Waals surface area contributed by atoms with Crippen LogP contribution in [0.25, 0.3) is 0 Å². The minimum Gasteiger partial charge on any atom is -0.472 e. The van der Waals surface area contributed by atoms with E-state index in [0.29, 0.717) is 31.7 Å². The number of nitrogens with zero attached hydrogens (tertiary/aromatic N) is 3. The largest absolute Gasteiger partial charge is 0.472 e. The van der Waals surface area contributed by atoms with Crippen molar-refractivity contribution in [2.24, 2.45) is 0 Å². The average Bonchev–Trinajstić information content (AvgIpc) is 3.15. The molecule has 25 heavy (non-hydrogen) atoms. The molecule has 1 aliphatic rings. The van der Waals surface area contributed by atoms with Crippen LogP contribution in [-0.4, -0.2) is 58.5 Å². The first kappa shape index (κ1) is 17.4. The van der Waals surface area contributed by atoms with Crippen molar-refractivity contribution in [1.29, 1.82) is 0 Å². The van der Waals surface area contributed by atoms with E-state index < -0.39 is 5.76 Å². The Kier molecular flexibility index (Phi) is 5.32. The maximum Gasteiger partial charge on any atom is 0.290 e. The molecule has 0 unspecified atom stereocenters. The minimum absolute atomic E-state index is 0.0133. The third-order valence-corrected chi connectivity index (χ3v) is 4.55. The molecular weight excluding hydrogens is 352 g/mol. The number of rotatable bonds is 4. The van der Waals surface area contributed by atoms with Crippen LogP contribution in [-0.2, 0) is 0 Å². The molecule has 9 heteroatoms. The smallest absolute Gasteiger partial charge is 0.290 e. The quantitative estimate of drug-likeness (QED) is 0.777. The first-order valence-electron chi connectivity index (χ1n) is 7.57. The van der Waals surface area contributed by atoms with Crippen LogP contribution in [0, 0.1) is 0 Å².